The average Bonchev–Trinajstić information content (AvgIpc) is 3.56. The van der Waals surface area contributed by atoms with Crippen molar-refractivity contribution in [3.8, 4) is 33.4 Å². The summed E-state index contributed by atoms with van der Waals surface area (Å²) in [6, 6.07) is 68.0. The number of anilines is 3. The maximum atomic E-state index is 2.45. The van der Waals surface area contributed by atoms with Crippen molar-refractivity contribution in [1.82, 2.24) is 0 Å². The summed E-state index contributed by atoms with van der Waals surface area (Å²) >= 11 is 1.88. The van der Waals surface area contributed by atoms with Crippen LogP contribution in [0.5, 0.6) is 0 Å². The van der Waals surface area contributed by atoms with Crippen LogP contribution in [0.1, 0.15) is 0 Å². The summed E-state index contributed by atoms with van der Waals surface area (Å²) in [6.45, 7) is 0. The summed E-state index contributed by atoms with van der Waals surface area (Å²) in [7, 11) is 0. The van der Waals surface area contributed by atoms with E-state index in [-0.39, 0.29) is 0 Å². The lowest BCUT2D eigenvalue weighted by Crippen LogP contribution is -2.10. The van der Waals surface area contributed by atoms with E-state index in [1.54, 1.807) is 0 Å². The monoisotopic (exact) mass is 629 g/mol. The van der Waals surface area contributed by atoms with Crippen LogP contribution in [0.3, 0.4) is 0 Å². The number of thiophene rings is 1. The average molecular weight is 630 g/mol. The predicted molar refractivity (Wildman–Crippen MR) is 208 cm³/mol. The Bertz CT molecular complexity index is 2530. The molecule has 48 heavy (non-hydrogen) atoms. The zero-order chi connectivity index (χ0) is 31.9. The van der Waals surface area contributed by atoms with Crippen LogP contribution in [0, 0.1) is 0 Å². The quantitative estimate of drug-likeness (QED) is 0.177. The van der Waals surface area contributed by atoms with Crippen molar-refractivity contribution in [2.45, 2.75) is 0 Å². The van der Waals surface area contributed by atoms with Crippen LogP contribution < -0.4 is 4.90 Å². The van der Waals surface area contributed by atoms with Crippen LogP contribution in [-0.4, -0.2) is 0 Å². The minimum absolute atomic E-state index is 1.13. The largest absolute Gasteiger partial charge is 0.309 e. The standard InChI is InChI=1S/C46H31NS/c1-3-12-32(13-4-1)33-24-26-34(27-25-33)35-28-30-38(31-29-35)47(42-21-9-17-36-16-7-8-18-39(36)42)43-22-11-23-44-45(43)41-20-10-19-40(46(41)48-44)37-14-5-2-6-15-37/h1-31H. The van der Waals surface area contributed by atoms with Crippen molar-refractivity contribution in [3.63, 3.8) is 0 Å². The Morgan fingerprint density at radius 2 is 0.875 bits per heavy atom. The Morgan fingerprint density at radius 1 is 0.354 bits per heavy atom. The van der Waals surface area contributed by atoms with E-state index in [1.807, 2.05) is 11.3 Å². The van der Waals surface area contributed by atoms with Gasteiger partial charge in [0, 0.05) is 31.2 Å². The third kappa shape index (κ3) is 4.95. The molecule has 0 saturated carbocycles. The van der Waals surface area contributed by atoms with E-state index in [0.29, 0.717) is 0 Å². The zero-order valence-corrected chi connectivity index (χ0v) is 27.1. The van der Waals surface area contributed by atoms with Gasteiger partial charge in [0.05, 0.1) is 11.4 Å². The van der Waals surface area contributed by atoms with Crippen LogP contribution >= 0.6 is 11.3 Å². The van der Waals surface area contributed by atoms with E-state index in [4.69, 9.17) is 0 Å². The molecule has 226 valence electrons. The van der Waals surface area contributed by atoms with Gasteiger partial charge in [-0.1, -0.05) is 158 Å². The van der Waals surface area contributed by atoms with Gasteiger partial charge in [-0.3, -0.25) is 0 Å². The number of nitrogens with zero attached hydrogens (tertiary/aromatic N) is 1. The summed E-state index contributed by atoms with van der Waals surface area (Å²) < 4.78 is 2.60. The molecule has 1 nitrogen and oxygen atoms in total. The first-order valence-electron chi connectivity index (χ1n) is 16.4. The second-order valence-electron chi connectivity index (χ2n) is 12.1. The summed E-state index contributed by atoms with van der Waals surface area (Å²) in [4.78, 5) is 2.45. The molecule has 8 aromatic carbocycles. The van der Waals surface area contributed by atoms with Crippen molar-refractivity contribution in [2.24, 2.45) is 0 Å². The molecular weight excluding hydrogens is 599 g/mol. The highest BCUT2D eigenvalue weighted by Crippen LogP contribution is 2.48. The Kier molecular flexibility index (Phi) is 7.07. The number of hydrogen-bond donors (Lipinski definition) is 0. The fourth-order valence-corrected chi connectivity index (χ4v) is 8.22. The van der Waals surface area contributed by atoms with Gasteiger partial charge in [-0.15, -0.1) is 11.3 Å². The fraction of sp³-hybridized carbons (Fsp3) is 0. The van der Waals surface area contributed by atoms with Crippen molar-refractivity contribution in [3.05, 3.63) is 188 Å². The summed E-state index contributed by atoms with van der Waals surface area (Å²) in [5.41, 5.74) is 10.9. The molecule has 0 saturated heterocycles. The topological polar surface area (TPSA) is 3.24 Å². The van der Waals surface area contributed by atoms with E-state index in [0.717, 1.165) is 5.69 Å². The molecule has 0 aliphatic carbocycles. The predicted octanol–water partition coefficient (Wildman–Crippen LogP) is 13.7. The van der Waals surface area contributed by atoms with Crippen molar-refractivity contribution in [2.75, 3.05) is 4.90 Å². The van der Waals surface area contributed by atoms with E-state index in [2.05, 4.69) is 193 Å². The van der Waals surface area contributed by atoms with Crippen LogP contribution in [-0.2, 0) is 0 Å². The molecule has 0 unspecified atom stereocenters. The van der Waals surface area contributed by atoms with E-state index in [9.17, 15) is 0 Å². The molecule has 0 spiro atoms. The number of benzene rings is 8. The molecule has 0 N–H and O–H groups in total. The molecule has 0 aliphatic heterocycles. The highest BCUT2D eigenvalue weighted by molar-refractivity contribution is 7.26. The van der Waals surface area contributed by atoms with Gasteiger partial charge in [-0.2, -0.15) is 0 Å². The first-order valence-corrected chi connectivity index (χ1v) is 17.2. The van der Waals surface area contributed by atoms with E-state index >= 15 is 0 Å². The van der Waals surface area contributed by atoms with Gasteiger partial charge in [-0.05, 0) is 69.1 Å². The molecule has 2 heteroatoms. The molecule has 1 aromatic heterocycles. The SMILES string of the molecule is c1ccc(-c2ccc(-c3ccc(N(c4cccc5ccccc45)c4cccc5sc6c(-c7ccccc7)cccc6c45)cc3)cc2)cc1. The molecule has 9 rings (SSSR count). The minimum Gasteiger partial charge on any atom is -0.309 e. The first-order chi connectivity index (χ1) is 23.8. The van der Waals surface area contributed by atoms with Crippen LogP contribution in [0.2, 0.25) is 0 Å². The van der Waals surface area contributed by atoms with Gasteiger partial charge in [0.15, 0.2) is 0 Å². The minimum atomic E-state index is 1.13. The maximum absolute atomic E-state index is 2.45. The lowest BCUT2D eigenvalue weighted by atomic mass is 9.99. The van der Waals surface area contributed by atoms with Crippen molar-refractivity contribution in [1.29, 1.82) is 0 Å². The van der Waals surface area contributed by atoms with Gasteiger partial charge in [-0.25, -0.2) is 0 Å². The maximum Gasteiger partial charge on any atom is 0.0555 e. The summed E-state index contributed by atoms with van der Waals surface area (Å²) in [6.07, 6.45) is 0. The lowest BCUT2D eigenvalue weighted by molar-refractivity contribution is 1.32. The highest BCUT2D eigenvalue weighted by Gasteiger charge is 2.21. The molecule has 9 aromatic rings. The van der Waals surface area contributed by atoms with E-state index in [1.165, 1.54) is 75.7 Å². The van der Waals surface area contributed by atoms with Crippen LogP contribution in [0.25, 0.3) is 64.3 Å². The van der Waals surface area contributed by atoms with E-state index < -0.39 is 0 Å². The summed E-state index contributed by atoms with van der Waals surface area (Å²) in [5, 5.41) is 5.02. The summed E-state index contributed by atoms with van der Waals surface area (Å²) in [5.74, 6) is 0. The van der Waals surface area contributed by atoms with Crippen molar-refractivity contribution < 1.29 is 0 Å². The second-order valence-corrected chi connectivity index (χ2v) is 13.2. The lowest BCUT2D eigenvalue weighted by Gasteiger charge is -2.28. The first kappa shape index (κ1) is 28.3. The van der Waals surface area contributed by atoms with Gasteiger partial charge in [0.25, 0.3) is 0 Å². The van der Waals surface area contributed by atoms with Gasteiger partial charge >= 0.3 is 0 Å². The third-order valence-electron chi connectivity index (χ3n) is 9.28. The van der Waals surface area contributed by atoms with Gasteiger partial charge in [0.1, 0.15) is 0 Å². The molecule has 0 fully saturated rings. The Morgan fingerprint density at radius 3 is 1.60 bits per heavy atom. The van der Waals surface area contributed by atoms with Crippen LogP contribution in [0.4, 0.5) is 17.1 Å². The Hall–Kier alpha value is -5.96. The second kappa shape index (κ2) is 12.0. The number of hydrogen-bond acceptors (Lipinski definition) is 2. The van der Waals surface area contributed by atoms with Gasteiger partial charge in [0.2, 0.25) is 0 Å². The third-order valence-corrected chi connectivity index (χ3v) is 10.5. The molecular formula is C46H31NS. The molecule has 0 aliphatic rings. The van der Waals surface area contributed by atoms with Crippen molar-refractivity contribution >= 4 is 59.3 Å². The fourth-order valence-electron chi connectivity index (χ4n) is 6.96. The molecule has 0 radical (unpaired) electrons. The molecule has 0 bridgehead atoms. The highest BCUT2D eigenvalue weighted by atomic mass is 32.1. The van der Waals surface area contributed by atoms with Crippen LogP contribution in [0.15, 0.2) is 188 Å². The van der Waals surface area contributed by atoms with Gasteiger partial charge < -0.3 is 4.90 Å². The normalized spacial score (nSPS) is 11.3. The number of rotatable bonds is 6. The zero-order valence-electron chi connectivity index (χ0n) is 26.3. The molecule has 0 atom stereocenters. The molecule has 0 amide bonds. The molecule has 1 heterocycles. The Labute approximate surface area is 284 Å². The smallest absolute Gasteiger partial charge is 0.0555 e. The Balaban J connectivity index is 1.21. The number of fused-ring (bicyclic) bond motifs is 4.